The van der Waals surface area contributed by atoms with Crippen molar-refractivity contribution in [3.05, 3.63) is 59.7 Å². The molecule has 1 saturated carbocycles. The summed E-state index contributed by atoms with van der Waals surface area (Å²) in [6.45, 7) is 7.42. The SMILES string of the molecule is C[C@@H](O)CN(C/C=C/C(=O)Nc1cc2c(Nc3ccc(F)c(Cl)c3)ncnc2cc1OC1CCCC1)CC(=O)OC(C)(C)C. The van der Waals surface area contributed by atoms with Crippen molar-refractivity contribution < 1.29 is 28.6 Å². The molecule has 0 saturated heterocycles. The van der Waals surface area contributed by atoms with Crippen molar-refractivity contribution in [3.8, 4) is 5.75 Å². The Hall–Kier alpha value is -3.80. The third-order valence-electron chi connectivity index (χ3n) is 6.70. The summed E-state index contributed by atoms with van der Waals surface area (Å²) in [5.74, 6) is -0.439. The highest BCUT2D eigenvalue weighted by molar-refractivity contribution is 6.31. The standard InChI is InChI=1S/C32H39ClFN5O5/c1-20(40)17-39(18-30(42)44-32(2,3)4)13-7-10-29(41)38-27-15-23-26(16-28(27)43-22-8-5-6-9-22)35-19-36-31(23)37-21-11-12-25(34)24(33)14-21/h7,10-12,14-16,19-20,22,40H,5-6,8-9,13,17-18H2,1-4H3,(H,38,41)(H,35,36,37)/b10-7+/t20-/m1/s1. The number of esters is 1. The van der Waals surface area contributed by atoms with Crippen LogP contribution in [0.25, 0.3) is 10.9 Å². The number of benzene rings is 2. The van der Waals surface area contributed by atoms with Crippen LogP contribution in [0.4, 0.5) is 21.6 Å². The lowest BCUT2D eigenvalue weighted by molar-refractivity contribution is -0.156. The topological polar surface area (TPSA) is 126 Å². The second-order valence-corrected chi connectivity index (χ2v) is 12.3. The number of aliphatic hydroxyl groups excluding tert-OH is 1. The predicted molar refractivity (Wildman–Crippen MR) is 169 cm³/mol. The third-order valence-corrected chi connectivity index (χ3v) is 6.99. The zero-order valence-corrected chi connectivity index (χ0v) is 26.2. The number of halogens is 2. The Kier molecular flexibility index (Phi) is 11.1. The van der Waals surface area contributed by atoms with Crippen LogP contribution in [0.2, 0.25) is 5.02 Å². The smallest absolute Gasteiger partial charge is 0.320 e. The monoisotopic (exact) mass is 627 g/mol. The van der Waals surface area contributed by atoms with Gasteiger partial charge in [-0.15, -0.1) is 0 Å². The third kappa shape index (κ3) is 9.87. The van der Waals surface area contributed by atoms with Crippen molar-refractivity contribution in [3.63, 3.8) is 0 Å². The predicted octanol–water partition coefficient (Wildman–Crippen LogP) is 6.01. The Balaban J connectivity index is 1.55. The van der Waals surface area contributed by atoms with Gasteiger partial charge < -0.3 is 25.2 Å². The van der Waals surface area contributed by atoms with Crippen molar-refractivity contribution in [2.45, 2.75) is 71.2 Å². The Labute approximate surface area is 261 Å². The number of aromatic nitrogens is 2. The summed E-state index contributed by atoms with van der Waals surface area (Å²) in [5, 5.41) is 16.5. The van der Waals surface area contributed by atoms with Crippen molar-refractivity contribution in [2.24, 2.45) is 0 Å². The molecule has 1 aliphatic rings. The van der Waals surface area contributed by atoms with Gasteiger partial charge in [-0.05, 0) is 77.6 Å². The molecular weight excluding hydrogens is 589 g/mol. The minimum absolute atomic E-state index is 0.0290. The van der Waals surface area contributed by atoms with Gasteiger partial charge >= 0.3 is 5.97 Å². The van der Waals surface area contributed by atoms with E-state index in [0.717, 1.165) is 25.7 Å². The molecule has 0 spiro atoms. The quantitative estimate of drug-likeness (QED) is 0.164. The van der Waals surface area contributed by atoms with E-state index in [2.05, 4.69) is 20.6 Å². The van der Waals surface area contributed by atoms with E-state index in [1.807, 2.05) is 0 Å². The Morgan fingerprint density at radius 3 is 2.64 bits per heavy atom. The fourth-order valence-electron chi connectivity index (χ4n) is 4.89. The summed E-state index contributed by atoms with van der Waals surface area (Å²) in [4.78, 5) is 35.9. The highest BCUT2D eigenvalue weighted by Gasteiger charge is 2.21. The number of ether oxygens (including phenoxy) is 2. The van der Waals surface area contributed by atoms with E-state index in [4.69, 9.17) is 21.1 Å². The molecule has 0 bridgehead atoms. The lowest BCUT2D eigenvalue weighted by atomic mass is 10.1. The van der Waals surface area contributed by atoms with Crippen LogP contribution in [0.3, 0.4) is 0 Å². The van der Waals surface area contributed by atoms with Crippen LogP contribution in [0.5, 0.6) is 5.75 Å². The molecule has 44 heavy (non-hydrogen) atoms. The zero-order valence-electron chi connectivity index (χ0n) is 25.4. The summed E-state index contributed by atoms with van der Waals surface area (Å²) in [6, 6.07) is 7.77. The lowest BCUT2D eigenvalue weighted by Gasteiger charge is -2.25. The van der Waals surface area contributed by atoms with Crippen LogP contribution in [0.1, 0.15) is 53.4 Å². The van der Waals surface area contributed by atoms with Crippen molar-refractivity contribution in [1.82, 2.24) is 14.9 Å². The summed E-state index contributed by atoms with van der Waals surface area (Å²) < 4.78 is 25.4. The molecule has 1 atom stereocenters. The van der Waals surface area contributed by atoms with Crippen LogP contribution in [0, 0.1) is 5.82 Å². The zero-order chi connectivity index (χ0) is 31.9. The summed E-state index contributed by atoms with van der Waals surface area (Å²) in [6.07, 6.45) is 7.74. The molecule has 3 N–H and O–H groups in total. The number of nitrogens with zero attached hydrogens (tertiary/aromatic N) is 3. The molecule has 0 unspecified atom stereocenters. The lowest BCUT2D eigenvalue weighted by Crippen LogP contribution is -2.38. The van der Waals surface area contributed by atoms with Gasteiger partial charge in [0.1, 0.15) is 29.3 Å². The number of hydrogen-bond acceptors (Lipinski definition) is 9. The molecule has 1 fully saturated rings. The number of amides is 1. The van der Waals surface area contributed by atoms with Crippen LogP contribution in [0.15, 0.2) is 48.8 Å². The van der Waals surface area contributed by atoms with Gasteiger partial charge in [0.25, 0.3) is 0 Å². The van der Waals surface area contributed by atoms with E-state index in [1.165, 1.54) is 24.5 Å². The Morgan fingerprint density at radius 1 is 1.20 bits per heavy atom. The van der Waals surface area contributed by atoms with Gasteiger partial charge in [-0.2, -0.15) is 0 Å². The molecule has 2 aromatic carbocycles. The molecule has 12 heteroatoms. The van der Waals surface area contributed by atoms with Crippen LogP contribution < -0.4 is 15.4 Å². The number of carbonyl (C=O) groups is 2. The Bertz CT molecular complexity index is 1500. The van der Waals surface area contributed by atoms with E-state index >= 15 is 0 Å². The van der Waals surface area contributed by atoms with Crippen molar-refractivity contribution in [1.29, 1.82) is 0 Å². The molecule has 1 heterocycles. The molecule has 10 nitrogen and oxygen atoms in total. The maximum absolute atomic E-state index is 13.7. The van der Waals surface area contributed by atoms with Gasteiger partial charge in [0.15, 0.2) is 0 Å². The summed E-state index contributed by atoms with van der Waals surface area (Å²) >= 11 is 5.96. The number of aliphatic hydroxyl groups is 1. The van der Waals surface area contributed by atoms with Crippen LogP contribution in [-0.4, -0.2) is 69.3 Å². The largest absolute Gasteiger partial charge is 0.488 e. The van der Waals surface area contributed by atoms with Gasteiger partial charge in [-0.1, -0.05) is 17.7 Å². The van der Waals surface area contributed by atoms with Crippen molar-refractivity contribution in [2.75, 3.05) is 30.3 Å². The minimum atomic E-state index is -0.677. The van der Waals surface area contributed by atoms with Gasteiger partial charge in [0.2, 0.25) is 5.91 Å². The first-order valence-electron chi connectivity index (χ1n) is 14.6. The van der Waals surface area contributed by atoms with E-state index in [1.54, 1.807) is 56.9 Å². The minimum Gasteiger partial charge on any atom is -0.488 e. The first-order valence-corrected chi connectivity index (χ1v) is 15.0. The number of nitrogens with one attached hydrogen (secondary N) is 2. The first kappa shape index (κ1) is 33.1. The van der Waals surface area contributed by atoms with E-state index in [-0.39, 0.29) is 30.8 Å². The molecule has 0 radical (unpaired) electrons. The van der Waals surface area contributed by atoms with Gasteiger partial charge in [0.05, 0.1) is 35.0 Å². The average molecular weight is 628 g/mol. The highest BCUT2D eigenvalue weighted by atomic mass is 35.5. The highest BCUT2D eigenvalue weighted by Crippen LogP contribution is 2.36. The second-order valence-electron chi connectivity index (χ2n) is 11.9. The van der Waals surface area contributed by atoms with Crippen LogP contribution in [-0.2, 0) is 14.3 Å². The number of anilines is 3. The number of rotatable bonds is 12. The first-order chi connectivity index (χ1) is 20.9. The fourth-order valence-corrected chi connectivity index (χ4v) is 5.07. The number of fused-ring (bicyclic) bond motifs is 1. The van der Waals surface area contributed by atoms with Gasteiger partial charge in [0, 0.05) is 36.3 Å². The van der Waals surface area contributed by atoms with Gasteiger partial charge in [-0.3, -0.25) is 14.5 Å². The molecule has 1 aromatic heterocycles. The van der Waals surface area contributed by atoms with Crippen LogP contribution >= 0.6 is 11.6 Å². The van der Waals surface area contributed by atoms with Crippen molar-refractivity contribution >= 4 is 51.6 Å². The number of hydrogen-bond donors (Lipinski definition) is 3. The van der Waals surface area contributed by atoms with E-state index in [0.29, 0.717) is 33.8 Å². The molecule has 1 amide bonds. The van der Waals surface area contributed by atoms with E-state index in [9.17, 15) is 19.1 Å². The average Bonchev–Trinajstić information content (AvgIpc) is 3.43. The molecule has 4 rings (SSSR count). The molecule has 0 aliphatic heterocycles. The molecular formula is C32H39ClFN5O5. The van der Waals surface area contributed by atoms with E-state index < -0.39 is 29.4 Å². The molecule has 1 aliphatic carbocycles. The fraction of sp³-hybridized carbons (Fsp3) is 0.438. The maximum Gasteiger partial charge on any atom is 0.320 e. The second kappa shape index (κ2) is 14.8. The normalized spacial score (nSPS) is 14.7. The summed E-state index contributed by atoms with van der Waals surface area (Å²) in [5.41, 5.74) is 0.926. The maximum atomic E-state index is 13.7. The van der Waals surface area contributed by atoms with Gasteiger partial charge in [-0.25, -0.2) is 14.4 Å². The Morgan fingerprint density at radius 2 is 1.95 bits per heavy atom. The summed E-state index contributed by atoms with van der Waals surface area (Å²) in [7, 11) is 0. The molecule has 3 aromatic rings. The number of carbonyl (C=O) groups excluding carboxylic acids is 2. The molecule has 236 valence electrons.